The topological polar surface area (TPSA) is 81.8 Å². The van der Waals surface area contributed by atoms with Crippen molar-refractivity contribution in [3.05, 3.63) is 29.8 Å². The summed E-state index contributed by atoms with van der Waals surface area (Å²) in [6.45, 7) is 4.55. The molecule has 2 saturated carbocycles. The van der Waals surface area contributed by atoms with E-state index >= 15 is 0 Å². The number of nitrogens with one attached hydrogen (secondary N) is 2. The van der Waals surface area contributed by atoms with Gasteiger partial charge in [0, 0.05) is 49.4 Å². The van der Waals surface area contributed by atoms with Gasteiger partial charge in [-0.3, -0.25) is 19.3 Å². The largest absolute Gasteiger partial charge is 0.352 e. The summed E-state index contributed by atoms with van der Waals surface area (Å²) < 4.78 is 0. The first-order valence-electron chi connectivity index (χ1n) is 10.3. The molecule has 3 amide bonds. The highest BCUT2D eigenvalue weighted by Crippen LogP contribution is 2.30. The number of rotatable bonds is 6. The summed E-state index contributed by atoms with van der Waals surface area (Å²) in [5.41, 5.74) is 1.35. The lowest BCUT2D eigenvalue weighted by molar-refractivity contribution is -0.126. The van der Waals surface area contributed by atoms with E-state index in [0.717, 1.165) is 31.4 Å². The number of amides is 3. The SMILES string of the molecule is CC(C(=O)NC1CC1)N1CCN(C(=O)c2ccc(NC(=O)C3CC3)cc2)CC1. The molecule has 0 spiro atoms. The van der Waals surface area contributed by atoms with Gasteiger partial charge in [-0.1, -0.05) is 0 Å². The molecule has 1 unspecified atom stereocenters. The van der Waals surface area contributed by atoms with Crippen LogP contribution in [-0.2, 0) is 9.59 Å². The summed E-state index contributed by atoms with van der Waals surface area (Å²) in [5.74, 6) is 0.308. The van der Waals surface area contributed by atoms with Crippen LogP contribution < -0.4 is 10.6 Å². The normalized spacial score (nSPS) is 21.1. The van der Waals surface area contributed by atoms with Gasteiger partial charge in [0.25, 0.3) is 5.91 Å². The minimum absolute atomic E-state index is 0.00481. The molecular formula is C21H28N4O3. The molecule has 4 rings (SSSR count). The zero-order valence-corrected chi connectivity index (χ0v) is 16.3. The summed E-state index contributed by atoms with van der Waals surface area (Å²) in [4.78, 5) is 40.8. The van der Waals surface area contributed by atoms with Gasteiger partial charge >= 0.3 is 0 Å². The number of nitrogens with zero attached hydrogens (tertiary/aromatic N) is 2. The average Bonchev–Trinajstić information content (AvgIpc) is 3.61. The lowest BCUT2D eigenvalue weighted by Crippen LogP contribution is -2.55. The zero-order chi connectivity index (χ0) is 19.7. The van der Waals surface area contributed by atoms with Crippen LogP contribution in [0, 0.1) is 5.92 Å². The molecule has 1 aliphatic heterocycles. The molecule has 7 heteroatoms. The van der Waals surface area contributed by atoms with Crippen molar-refractivity contribution < 1.29 is 14.4 Å². The molecule has 0 radical (unpaired) electrons. The maximum Gasteiger partial charge on any atom is 0.253 e. The minimum Gasteiger partial charge on any atom is -0.352 e. The van der Waals surface area contributed by atoms with Crippen molar-refractivity contribution in [2.45, 2.75) is 44.7 Å². The van der Waals surface area contributed by atoms with E-state index < -0.39 is 0 Å². The standard InChI is InChI=1S/C21H28N4O3/c1-14(19(26)22-18-8-9-18)24-10-12-25(13-11-24)21(28)16-4-6-17(7-5-16)23-20(27)15-2-3-15/h4-7,14-15,18H,2-3,8-13H2,1H3,(H,22,26)(H,23,27). The van der Waals surface area contributed by atoms with Crippen molar-refractivity contribution in [3.8, 4) is 0 Å². The van der Waals surface area contributed by atoms with Crippen LogP contribution in [0.25, 0.3) is 0 Å². The highest BCUT2D eigenvalue weighted by Gasteiger charge is 2.31. The van der Waals surface area contributed by atoms with E-state index in [1.54, 1.807) is 24.3 Å². The number of carbonyl (C=O) groups excluding carboxylic acids is 3. The van der Waals surface area contributed by atoms with Crippen LogP contribution in [0.4, 0.5) is 5.69 Å². The molecule has 150 valence electrons. The Bertz CT molecular complexity index is 747. The number of anilines is 1. The number of hydrogen-bond acceptors (Lipinski definition) is 4. The van der Waals surface area contributed by atoms with Gasteiger partial charge < -0.3 is 15.5 Å². The van der Waals surface area contributed by atoms with Crippen LogP contribution >= 0.6 is 0 Å². The number of carbonyl (C=O) groups is 3. The number of benzene rings is 1. The molecule has 1 heterocycles. The Morgan fingerprint density at radius 1 is 0.964 bits per heavy atom. The van der Waals surface area contributed by atoms with Crippen molar-refractivity contribution in [1.82, 2.24) is 15.1 Å². The molecule has 2 aliphatic carbocycles. The van der Waals surface area contributed by atoms with Crippen LogP contribution in [-0.4, -0.2) is 65.8 Å². The van der Waals surface area contributed by atoms with E-state index in [-0.39, 0.29) is 29.7 Å². The second-order valence-corrected chi connectivity index (χ2v) is 8.13. The van der Waals surface area contributed by atoms with E-state index in [0.29, 0.717) is 37.8 Å². The molecule has 1 saturated heterocycles. The Labute approximate surface area is 165 Å². The number of hydrogen-bond donors (Lipinski definition) is 2. The molecule has 1 aromatic carbocycles. The van der Waals surface area contributed by atoms with E-state index in [1.807, 2.05) is 11.8 Å². The van der Waals surface area contributed by atoms with E-state index in [9.17, 15) is 14.4 Å². The third kappa shape index (κ3) is 4.52. The predicted molar refractivity (Wildman–Crippen MR) is 106 cm³/mol. The van der Waals surface area contributed by atoms with Crippen molar-refractivity contribution in [3.63, 3.8) is 0 Å². The third-order valence-corrected chi connectivity index (χ3v) is 5.80. The third-order valence-electron chi connectivity index (χ3n) is 5.80. The molecule has 28 heavy (non-hydrogen) atoms. The minimum atomic E-state index is -0.160. The fraction of sp³-hybridized carbons (Fsp3) is 0.571. The molecule has 0 aromatic heterocycles. The van der Waals surface area contributed by atoms with Crippen LogP contribution in [0.5, 0.6) is 0 Å². The summed E-state index contributed by atoms with van der Waals surface area (Å²) >= 11 is 0. The highest BCUT2D eigenvalue weighted by molar-refractivity contribution is 5.96. The molecule has 1 aromatic rings. The maximum absolute atomic E-state index is 12.8. The van der Waals surface area contributed by atoms with Gasteiger partial charge in [0.2, 0.25) is 11.8 Å². The molecule has 1 atom stereocenters. The second-order valence-electron chi connectivity index (χ2n) is 8.13. The summed E-state index contributed by atoms with van der Waals surface area (Å²) in [7, 11) is 0. The van der Waals surface area contributed by atoms with E-state index in [2.05, 4.69) is 15.5 Å². The Hall–Kier alpha value is -2.41. The monoisotopic (exact) mass is 384 g/mol. The fourth-order valence-electron chi connectivity index (χ4n) is 3.50. The van der Waals surface area contributed by atoms with Gasteiger partial charge in [-0.25, -0.2) is 0 Å². The van der Waals surface area contributed by atoms with Crippen molar-refractivity contribution in [2.75, 3.05) is 31.5 Å². The van der Waals surface area contributed by atoms with Crippen LogP contribution in [0.15, 0.2) is 24.3 Å². The van der Waals surface area contributed by atoms with Gasteiger partial charge in [0.1, 0.15) is 0 Å². The second kappa shape index (κ2) is 7.91. The van der Waals surface area contributed by atoms with Gasteiger partial charge in [-0.2, -0.15) is 0 Å². The van der Waals surface area contributed by atoms with Gasteiger partial charge in [-0.15, -0.1) is 0 Å². The first kappa shape index (κ1) is 18.9. The molecular weight excluding hydrogens is 356 g/mol. The molecule has 3 aliphatic rings. The Balaban J connectivity index is 1.27. The highest BCUT2D eigenvalue weighted by atomic mass is 16.2. The van der Waals surface area contributed by atoms with Crippen LogP contribution in [0.3, 0.4) is 0 Å². The van der Waals surface area contributed by atoms with E-state index in [1.165, 1.54) is 0 Å². The molecule has 0 bridgehead atoms. The van der Waals surface area contributed by atoms with Gasteiger partial charge in [0.15, 0.2) is 0 Å². The fourth-order valence-corrected chi connectivity index (χ4v) is 3.50. The Kier molecular flexibility index (Phi) is 5.35. The quantitative estimate of drug-likeness (QED) is 0.778. The molecule has 2 N–H and O–H groups in total. The molecule has 7 nitrogen and oxygen atoms in total. The van der Waals surface area contributed by atoms with Crippen molar-refractivity contribution >= 4 is 23.4 Å². The average molecular weight is 384 g/mol. The van der Waals surface area contributed by atoms with Gasteiger partial charge in [0.05, 0.1) is 6.04 Å². The van der Waals surface area contributed by atoms with E-state index in [4.69, 9.17) is 0 Å². The van der Waals surface area contributed by atoms with Gasteiger partial charge in [-0.05, 0) is 56.9 Å². The summed E-state index contributed by atoms with van der Waals surface area (Å²) in [5, 5.41) is 5.94. The Morgan fingerprint density at radius 2 is 1.61 bits per heavy atom. The molecule has 3 fully saturated rings. The van der Waals surface area contributed by atoms with Crippen molar-refractivity contribution in [1.29, 1.82) is 0 Å². The zero-order valence-electron chi connectivity index (χ0n) is 16.3. The van der Waals surface area contributed by atoms with Crippen LogP contribution in [0.2, 0.25) is 0 Å². The Morgan fingerprint density at radius 3 is 2.18 bits per heavy atom. The van der Waals surface area contributed by atoms with Crippen molar-refractivity contribution in [2.24, 2.45) is 5.92 Å². The van der Waals surface area contributed by atoms with Crippen LogP contribution in [0.1, 0.15) is 43.0 Å². The lowest BCUT2D eigenvalue weighted by atomic mass is 10.1. The maximum atomic E-state index is 12.8. The number of piperazine rings is 1. The summed E-state index contributed by atoms with van der Waals surface area (Å²) in [6.07, 6.45) is 4.11. The lowest BCUT2D eigenvalue weighted by Gasteiger charge is -2.37. The first-order valence-corrected chi connectivity index (χ1v) is 10.3. The predicted octanol–water partition coefficient (Wildman–Crippen LogP) is 1.46. The smallest absolute Gasteiger partial charge is 0.253 e. The summed E-state index contributed by atoms with van der Waals surface area (Å²) in [6, 6.07) is 7.32. The first-order chi connectivity index (χ1) is 13.5.